The van der Waals surface area contributed by atoms with Crippen molar-refractivity contribution in [3.8, 4) is 17.4 Å². The van der Waals surface area contributed by atoms with Crippen molar-refractivity contribution in [2.45, 2.75) is 105 Å². The van der Waals surface area contributed by atoms with Gasteiger partial charge < -0.3 is 18.0 Å². The lowest BCUT2D eigenvalue weighted by atomic mass is 9.85. The summed E-state index contributed by atoms with van der Waals surface area (Å²) in [6, 6.07) is 54.5. The smallest absolute Gasteiger partial charge is 0.154 e. The third-order valence-electron chi connectivity index (χ3n) is 15.7. The van der Waals surface area contributed by atoms with Crippen LogP contribution in [0.3, 0.4) is 0 Å². The minimum atomic E-state index is 0.0241. The van der Waals surface area contributed by atoms with Gasteiger partial charge in [0.25, 0.3) is 0 Å². The van der Waals surface area contributed by atoms with E-state index in [0.29, 0.717) is 16.7 Å². The highest BCUT2D eigenvalue weighted by atomic mass is 16.3. The second kappa shape index (κ2) is 14.6. The minimum Gasteiger partial charge on any atom is -0.456 e. The molecule has 72 heavy (non-hydrogen) atoms. The van der Waals surface area contributed by atoms with Gasteiger partial charge >= 0.3 is 0 Å². The van der Waals surface area contributed by atoms with Crippen LogP contribution in [-0.4, -0.2) is 9.13 Å². The molecular weight excluding hydrogens is 879 g/mol. The molecule has 5 heteroatoms. The first kappa shape index (κ1) is 44.2. The van der Waals surface area contributed by atoms with Crippen molar-refractivity contribution >= 4 is 109 Å². The summed E-state index contributed by atoms with van der Waals surface area (Å²) in [5, 5.41) is 23.8. The fraction of sp³-hybridized carbons (Fsp3) is 0.239. The van der Waals surface area contributed by atoms with Crippen molar-refractivity contribution in [3.05, 3.63) is 167 Å². The SMILES string of the molecule is CC(C)(C)c1ccc2c(c1)c1cc(C(C)(C)C)ccc1n2-c1ccc2cc3c(cc2c1)oc1c(C#N)c2c(cc13)oc1cc3cc(-n4c5ccc(C(C)(C)C)cc5c5cc(C(C)(C)C)ccc54)ccc3cc12. The Morgan fingerprint density at radius 3 is 1.12 bits per heavy atom. The van der Waals surface area contributed by atoms with Crippen molar-refractivity contribution in [1.82, 2.24) is 9.13 Å². The summed E-state index contributed by atoms with van der Waals surface area (Å²) in [5.41, 5.74) is 15.5. The van der Waals surface area contributed by atoms with E-state index in [2.05, 4.69) is 238 Å². The number of nitrogens with zero attached hydrogens (tertiary/aromatic N) is 3. The Morgan fingerprint density at radius 1 is 0.347 bits per heavy atom. The molecule has 13 rings (SSSR count). The predicted molar refractivity (Wildman–Crippen MR) is 304 cm³/mol. The molecule has 0 spiro atoms. The van der Waals surface area contributed by atoms with Crippen LogP contribution < -0.4 is 0 Å². The highest BCUT2D eigenvalue weighted by Crippen LogP contribution is 2.45. The fourth-order valence-corrected chi connectivity index (χ4v) is 11.5. The van der Waals surface area contributed by atoms with Crippen LogP contribution >= 0.6 is 0 Å². The molecule has 0 aliphatic carbocycles. The monoisotopic (exact) mass is 937 g/mol. The van der Waals surface area contributed by atoms with Gasteiger partial charge in [-0.25, -0.2) is 0 Å². The van der Waals surface area contributed by atoms with Gasteiger partial charge in [-0.05, 0) is 169 Å². The zero-order chi connectivity index (χ0) is 50.1. The van der Waals surface area contributed by atoms with E-state index in [9.17, 15) is 5.26 Å². The Morgan fingerprint density at radius 2 is 0.736 bits per heavy atom. The molecule has 0 unspecified atom stereocenters. The molecule has 0 atom stereocenters. The molecule has 0 amide bonds. The molecule has 0 radical (unpaired) electrons. The van der Waals surface area contributed by atoms with Gasteiger partial charge in [-0.15, -0.1) is 0 Å². The van der Waals surface area contributed by atoms with E-state index in [4.69, 9.17) is 8.83 Å². The van der Waals surface area contributed by atoms with Gasteiger partial charge in [-0.3, -0.25) is 0 Å². The van der Waals surface area contributed by atoms with Crippen molar-refractivity contribution in [2.24, 2.45) is 0 Å². The molecule has 4 heterocycles. The Hall–Kier alpha value is -7.81. The fourth-order valence-electron chi connectivity index (χ4n) is 11.5. The van der Waals surface area contributed by atoms with Crippen molar-refractivity contribution in [2.75, 3.05) is 0 Å². The number of nitriles is 1. The third-order valence-corrected chi connectivity index (χ3v) is 15.7. The van der Waals surface area contributed by atoms with Crippen LogP contribution in [0.1, 0.15) is 111 Å². The molecule has 0 aliphatic heterocycles. The standard InChI is InChI=1S/C67H59N3O2/c1-64(2,3)41-15-21-55-47(31-41)48-32-42(65(4,5)6)16-22-56(48)69(55)45-19-13-37-27-51-52-35-61-62(54(36-68)63(52)72-59(51)29-39(37)25-45)53-28-38-14-20-46(26-40(38)30-60(53)71-61)70-57-23-17-43(66(7,8)9)33-49(57)50-34-44(67(10,11)12)18-24-58(50)70/h13-35H,1-12H3. The topological polar surface area (TPSA) is 59.9 Å². The van der Waals surface area contributed by atoms with Gasteiger partial charge in [0.1, 0.15) is 28.4 Å². The second-order valence-corrected chi connectivity index (χ2v) is 24.7. The molecular formula is C67H59N3O2. The van der Waals surface area contributed by atoms with Gasteiger partial charge in [0.05, 0.1) is 22.1 Å². The number of furan rings is 2. The number of fused-ring (bicyclic) bond motifs is 14. The largest absolute Gasteiger partial charge is 0.456 e. The summed E-state index contributed by atoms with van der Waals surface area (Å²) in [7, 11) is 0. The van der Waals surface area contributed by atoms with Crippen molar-refractivity contribution < 1.29 is 8.83 Å². The van der Waals surface area contributed by atoms with E-state index in [1.165, 1.54) is 65.9 Å². The number of benzene rings is 9. The maximum Gasteiger partial charge on any atom is 0.154 e. The molecule has 0 N–H and O–H groups in total. The van der Waals surface area contributed by atoms with Crippen molar-refractivity contribution in [1.29, 1.82) is 5.26 Å². The van der Waals surface area contributed by atoms with Crippen LogP contribution in [0.15, 0.2) is 148 Å². The van der Waals surface area contributed by atoms with E-state index in [1.807, 2.05) is 0 Å². The molecule has 4 aromatic heterocycles. The van der Waals surface area contributed by atoms with E-state index >= 15 is 0 Å². The van der Waals surface area contributed by atoms with Crippen LogP contribution in [-0.2, 0) is 21.7 Å². The van der Waals surface area contributed by atoms with Gasteiger partial charge in [-0.1, -0.05) is 119 Å². The van der Waals surface area contributed by atoms with Crippen LogP contribution in [0.25, 0.3) is 120 Å². The lowest BCUT2D eigenvalue weighted by Gasteiger charge is -2.19. The molecule has 0 fully saturated rings. The number of aromatic nitrogens is 2. The Kier molecular flexibility index (Phi) is 8.98. The van der Waals surface area contributed by atoms with E-state index in [0.717, 1.165) is 65.6 Å². The lowest BCUT2D eigenvalue weighted by molar-refractivity contribution is 0.590. The van der Waals surface area contributed by atoms with Crippen LogP contribution in [0.2, 0.25) is 0 Å². The first-order valence-electron chi connectivity index (χ1n) is 25.4. The number of rotatable bonds is 2. The average Bonchev–Trinajstić information content (AvgIpc) is 4.06. The molecule has 5 nitrogen and oxygen atoms in total. The maximum atomic E-state index is 11.0. The zero-order valence-electron chi connectivity index (χ0n) is 43.4. The Balaban J connectivity index is 0.940. The molecule has 0 saturated carbocycles. The average molecular weight is 938 g/mol. The summed E-state index contributed by atoms with van der Waals surface area (Å²) in [6.07, 6.45) is 0. The zero-order valence-corrected chi connectivity index (χ0v) is 43.4. The van der Waals surface area contributed by atoms with E-state index in [-0.39, 0.29) is 21.7 Å². The van der Waals surface area contributed by atoms with Crippen LogP contribution in [0, 0.1) is 11.3 Å². The predicted octanol–water partition coefficient (Wildman–Crippen LogP) is 19.0. The van der Waals surface area contributed by atoms with Gasteiger partial charge in [0, 0.05) is 54.5 Å². The maximum absolute atomic E-state index is 11.0. The lowest BCUT2D eigenvalue weighted by Crippen LogP contribution is -2.10. The summed E-state index contributed by atoms with van der Waals surface area (Å²) in [6.45, 7) is 27.4. The first-order valence-corrected chi connectivity index (χ1v) is 25.4. The molecule has 354 valence electrons. The molecule has 13 aromatic rings. The van der Waals surface area contributed by atoms with Crippen LogP contribution in [0.4, 0.5) is 0 Å². The molecule has 0 aliphatic rings. The highest BCUT2D eigenvalue weighted by Gasteiger charge is 2.25. The number of hydrogen-bond donors (Lipinski definition) is 0. The van der Waals surface area contributed by atoms with Gasteiger partial charge in [-0.2, -0.15) is 5.26 Å². The first-order chi connectivity index (χ1) is 34.1. The Bertz CT molecular complexity index is 4240. The number of hydrogen-bond acceptors (Lipinski definition) is 3. The van der Waals surface area contributed by atoms with Crippen LogP contribution in [0.5, 0.6) is 0 Å². The quantitative estimate of drug-likeness (QED) is 0.173. The Labute approximate surface area is 419 Å². The summed E-state index contributed by atoms with van der Waals surface area (Å²) >= 11 is 0. The summed E-state index contributed by atoms with van der Waals surface area (Å²) in [4.78, 5) is 0. The summed E-state index contributed by atoms with van der Waals surface area (Å²) in [5.74, 6) is 0. The summed E-state index contributed by atoms with van der Waals surface area (Å²) < 4.78 is 18.3. The normalized spacial score (nSPS) is 13.3. The molecule has 9 aromatic carbocycles. The minimum absolute atomic E-state index is 0.0241. The van der Waals surface area contributed by atoms with Crippen molar-refractivity contribution in [3.63, 3.8) is 0 Å². The third kappa shape index (κ3) is 6.57. The van der Waals surface area contributed by atoms with Gasteiger partial charge in [0.2, 0.25) is 0 Å². The van der Waals surface area contributed by atoms with E-state index < -0.39 is 0 Å². The molecule has 0 saturated heterocycles. The molecule has 0 bridgehead atoms. The highest BCUT2D eigenvalue weighted by molar-refractivity contribution is 6.21. The van der Waals surface area contributed by atoms with E-state index in [1.54, 1.807) is 0 Å². The van der Waals surface area contributed by atoms with Gasteiger partial charge in [0.15, 0.2) is 5.58 Å². The second-order valence-electron chi connectivity index (χ2n) is 24.7.